The van der Waals surface area contributed by atoms with Crippen molar-refractivity contribution in [2.75, 3.05) is 0 Å². The van der Waals surface area contributed by atoms with Crippen LogP contribution in [0.25, 0.3) is 0 Å². The fourth-order valence-electron chi connectivity index (χ4n) is 0.916. The first-order valence-corrected chi connectivity index (χ1v) is 4.64. The third-order valence-electron chi connectivity index (χ3n) is 1.68. The Morgan fingerprint density at radius 2 is 1.67 bits per heavy atom. The number of unbranched alkanes of at least 4 members (excludes halogenated alkanes) is 2. The van der Waals surface area contributed by atoms with Gasteiger partial charge in [0.2, 0.25) is 0 Å². The minimum Gasteiger partial charge on any atom is -0.478 e. The Labute approximate surface area is 86.8 Å². The van der Waals surface area contributed by atoms with Gasteiger partial charge in [0.15, 0.2) is 0 Å². The van der Waals surface area contributed by atoms with Gasteiger partial charge in [-0.3, -0.25) is 4.79 Å². The van der Waals surface area contributed by atoms with Gasteiger partial charge in [0.05, 0.1) is 0 Å². The van der Waals surface area contributed by atoms with Crippen molar-refractivity contribution >= 4 is 17.9 Å². The first-order valence-electron chi connectivity index (χ1n) is 4.64. The minimum atomic E-state index is -2.10. The van der Waals surface area contributed by atoms with E-state index >= 15 is 0 Å². The first kappa shape index (κ1) is 13.4. The maximum Gasteiger partial charge on any atom is 0.356 e. The first-order chi connectivity index (χ1) is 6.99. The molecule has 0 heterocycles. The SMILES string of the molecule is CCCCCC(=O)OC(C(=O)O)C(=O)O. The van der Waals surface area contributed by atoms with Crippen molar-refractivity contribution in [3.8, 4) is 0 Å². The molecule has 0 bridgehead atoms. The van der Waals surface area contributed by atoms with E-state index in [0.29, 0.717) is 6.42 Å². The minimum absolute atomic E-state index is 0.0465. The second-order valence-electron chi connectivity index (χ2n) is 3.00. The molecule has 15 heavy (non-hydrogen) atoms. The summed E-state index contributed by atoms with van der Waals surface area (Å²) < 4.78 is 4.28. The highest BCUT2D eigenvalue weighted by Gasteiger charge is 2.29. The molecule has 0 radical (unpaired) electrons. The molecular formula is C9H14O6. The lowest BCUT2D eigenvalue weighted by Crippen LogP contribution is -2.34. The van der Waals surface area contributed by atoms with Crippen LogP contribution in [0.15, 0.2) is 0 Å². The van der Waals surface area contributed by atoms with Gasteiger partial charge in [-0.25, -0.2) is 9.59 Å². The van der Waals surface area contributed by atoms with E-state index in [-0.39, 0.29) is 6.42 Å². The van der Waals surface area contributed by atoms with Crippen molar-refractivity contribution in [2.24, 2.45) is 0 Å². The second-order valence-corrected chi connectivity index (χ2v) is 3.00. The van der Waals surface area contributed by atoms with Gasteiger partial charge in [0, 0.05) is 6.42 Å². The van der Waals surface area contributed by atoms with Crippen LogP contribution in [0.5, 0.6) is 0 Å². The fourth-order valence-corrected chi connectivity index (χ4v) is 0.916. The number of carbonyl (C=O) groups is 3. The average molecular weight is 218 g/mol. The topological polar surface area (TPSA) is 101 Å². The molecule has 86 valence electrons. The molecule has 0 aliphatic heterocycles. The van der Waals surface area contributed by atoms with Crippen molar-refractivity contribution in [1.82, 2.24) is 0 Å². The number of ether oxygens (including phenoxy) is 1. The number of aliphatic carboxylic acids is 2. The summed E-state index contributed by atoms with van der Waals surface area (Å²) >= 11 is 0. The van der Waals surface area contributed by atoms with Crippen LogP contribution >= 0.6 is 0 Å². The molecule has 0 aromatic heterocycles. The molecule has 0 atom stereocenters. The van der Waals surface area contributed by atoms with Gasteiger partial charge in [0.25, 0.3) is 6.10 Å². The molecular weight excluding hydrogens is 204 g/mol. The number of esters is 1. The van der Waals surface area contributed by atoms with Crippen molar-refractivity contribution in [2.45, 2.75) is 38.7 Å². The Bertz CT molecular complexity index is 233. The summed E-state index contributed by atoms with van der Waals surface area (Å²) in [4.78, 5) is 31.7. The van der Waals surface area contributed by atoms with Crippen LogP contribution in [0.3, 0.4) is 0 Å². The normalized spacial score (nSPS) is 10.0. The van der Waals surface area contributed by atoms with E-state index < -0.39 is 24.0 Å². The van der Waals surface area contributed by atoms with Gasteiger partial charge >= 0.3 is 17.9 Å². The van der Waals surface area contributed by atoms with Gasteiger partial charge in [0.1, 0.15) is 0 Å². The zero-order chi connectivity index (χ0) is 11.8. The van der Waals surface area contributed by atoms with Crippen molar-refractivity contribution in [1.29, 1.82) is 0 Å². The van der Waals surface area contributed by atoms with E-state index in [2.05, 4.69) is 4.74 Å². The molecule has 0 saturated heterocycles. The Balaban J connectivity index is 4.01. The Morgan fingerprint density at radius 1 is 1.13 bits per heavy atom. The van der Waals surface area contributed by atoms with Gasteiger partial charge in [-0.15, -0.1) is 0 Å². The quantitative estimate of drug-likeness (QED) is 0.369. The summed E-state index contributed by atoms with van der Waals surface area (Å²) in [5, 5.41) is 16.8. The van der Waals surface area contributed by atoms with Crippen LogP contribution in [0.1, 0.15) is 32.6 Å². The lowest BCUT2D eigenvalue weighted by atomic mass is 10.2. The van der Waals surface area contributed by atoms with E-state index in [0.717, 1.165) is 12.8 Å². The second kappa shape index (κ2) is 6.80. The zero-order valence-corrected chi connectivity index (χ0v) is 8.43. The van der Waals surface area contributed by atoms with Crippen molar-refractivity contribution in [3.63, 3.8) is 0 Å². The molecule has 0 aromatic rings. The third kappa shape index (κ3) is 5.66. The van der Waals surface area contributed by atoms with Crippen LogP contribution in [-0.2, 0) is 19.1 Å². The monoisotopic (exact) mass is 218 g/mol. The highest BCUT2D eigenvalue weighted by Crippen LogP contribution is 2.03. The zero-order valence-electron chi connectivity index (χ0n) is 8.43. The number of carboxylic acids is 2. The smallest absolute Gasteiger partial charge is 0.356 e. The molecule has 2 N–H and O–H groups in total. The van der Waals surface area contributed by atoms with E-state index in [9.17, 15) is 14.4 Å². The number of carboxylic acid groups (broad SMARTS) is 2. The van der Waals surface area contributed by atoms with E-state index in [4.69, 9.17) is 10.2 Å². The summed E-state index contributed by atoms with van der Waals surface area (Å²) in [7, 11) is 0. The van der Waals surface area contributed by atoms with E-state index in [1.54, 1.807) is 0 Å². The molecule has 0 rings (SSSR count). The van der Waals surface area contributed by atoms with E-state index in [1.807, 2.05) is 6.92 Å². The summed E-state index contributed by atoms with van der Waals surface area (Å²) in [5.74, 6) is -4.14. The van der Waals surface area contributed by atoms with Gasteiger partial charge in [-0.05, 0) is 6.42 Å². The van der Waals surface area contributed by atoms with E-state index in [1.165, 1.54) is 0 Å². The molecule has 0 aliphatic rings. The van der Waals surface area contributed by atoms with Gasteiger partial charge in [-0.2, -0.15) is 0 Å². The molecule has 6 nitrogen and oxygen atoms in total. The standard InChI is InChI=1S/C9H14O6/c1-2-3-4-5-6(10)15-7(8(11)12)9(13)14/h7H,2-5H2,1H3,(H,11,12)(H,13,14). The predicted octanol–water partition coefficient (Wildman–Crippen LogP) is 0.648. The molecule has 6 heteroatoms. The molecule has 0 saturated carbocycles. The van der Waals surface area contributed by atoms with Crippen LogP contribution in [0.2, 0.25) is 0 Å². The summed E-state index contributed by atoms with van der Waals surface area (Å²) in [6.07, 6.45) is 0.250. The van der Waals surface area contributed by atoms with Crippen molar-refractivity contribution < 1.29 is 29.3 Å². The lowest BCUT2D eigenvalue weighted by Gasteiger charge is -2.08. The molecule has 0 aliphatic carbocycles. The molecule has 0 spiro atoms. The number of hydrogen-bond acceptors (Lipinski definition) is 4. The Hall–Kier alpha value is -1.59. The number of hydrogen-bond donors (Lipinski definition) is 2. The highest BCUT2D eigenvalue weighted by atomic mass is 16.6. The lowest BCUT2D eigenvalue weighted by molar-refractivity contribution is -0.174. The van der Waals surface area contributed by atoms with Crippen LogP contribution in [0.4, 0.5) is 0 Å². The largest absolute Gasteiger partial charge is 0.478 e. The van der Waals surface area contributed by atoms with Crippen LogP contribution < -0.4 is 0 Å². The maximum atomic E-state index is 11.0. The average Bonchev–Trinajstić information content (AvgIpc) is 2.13. The maximum absolute atomic E-state index is 11.0. The third-order valence-corrected chi connectivity index (χ3v) is 1.68. The van der Waals surface area contributed by atoms with Gasteiger partial charge < -0.3 is 14.9 Å². The van der Waals surface area contributed by atoms with Crippen LogP contribution in [0, 0.1) is 0 Å². The Morgan fingerprint density at radius 3 is 2.07 bits per heavy atom. The predicted molar refractivity (Wildman–Crippen MR) is 49.3 cm³/mol. The summed E-state index contributed by atoms with van der Waals surface area (Å²) in [5.41, 5.74) is 0. The molecule has 0 amide bonds. The fraction of sp³-hybridized carbons (Fsp3) is 0.667. The van der Waals surface area contributed by atoms with Gasteiger partial charge in [-0.1, -0.05) is 19.8 Å². The number of rotatable bonds is 7. The van der Waals surface area contributed by atoms with Crippen molar-refractivity contribution in [3.05, 3.63) is 0 Å². The summed E-state index contributed by atoms with van der Waals surface area (Å²) in [6.45, 7) is 1.95. The molecule has 0 unspecified atom stereocenters. The molecule has 0 fully saturated rings. The number of carbonyl (C=O) groups excluding carboxylic acids is 1. The van der Waals surface area contributed by atoms with Crippen LogP contribution in [-0.4, -0.2) is 34.2 Å². The highest BCUT2D eigenvalue weighted by molar-refractivity contribution is 5.97. The molecule has 0 aromatic carbocycles. The Kier molecular flexibility index (Phi) is 6.08. The summed E-state index contributed by atoms with van der Waals surface area (Å²) in [6, 6.07) is 0.